The molecule has 1 aliphatic heterocycles. The summed E-state index contributed by atoms with van der Waals surface area (Å²) in [6, 6.07) is 3.79. The zero-order valence-electron chi connectivity index (χ0n) is 20.6. The van der Waals surface area contributed by atoms with Crippen molar-refractivity contribution in [3.8, 4) is 0 Å². The van der Waals surface area contributed by atoms with Gasteiger partial charge in [-0.3, -0.25) is 19.3 Å². The summed E-state index contributed by atoms with van der Waals surface area (Å²) < 4.78 is 27.5. The van der Waals surface area contributed by atoms with Crippen LogP contribution in [0.1, 0.15) is 52.5 Å². The lowest BCUT2D eigenvalue weighted by Crippen LogP contribution is -2.48. The van der Waals surface area contributed by atoms with E-state index < -0.39 is 33.8 Å². The van der Waals surface area contributed by atoms with E-state index in [0.717, 1.165) is 4.90 Å². The van der Waals surface area contributed by atoms with Crippen LogP contribution >= 0.6 is 0 Å². The van der Waals surface area contributed by atoms with Crippen molar-refractivity contribution in [2.45, 2.75) is 64.8 Å². The van der Waals surface area contributed by atoms with Gasteiger partial charge in [0.05, 0.1) is 16.7 Å². The van der Waals surface area contributed by atoms with Crippen LogP contribution in [0.3, 0.4) is 0 Å². The summed E-state index contributed by atoms with van der Waals surface area (Å²) in [6.07, 6.45) is 5.17. The number of hydrogen-bond acceptors (Lipinski definition) is 5. The molecule has 3 unspecified atom stereocenters. The normalized spacial score (nSPS) is 21.3. The van der Waals surface area contributed by atoms with Gasteiger partial charge in [0, 0.05) is 18.8 Å². The first-order valence-corrected chi connectivity index (χ1v) is 13.4. The number of likely N-dealkylation sites (tertiary alicyclic amines) is 1. The minimum absolute atomic E-state index is 0.0636. The molecule has 8 nitrogen and oxygen atoms in total. The van der Waals surface area contributed by atoms with Gasteiger partial charge in [-0.25, -0.2) is 8.42 Å². The molecule has 1 heterocycles. The fourth-order valence-electron chi connectivity index (χ4n) is 4.79. The smallest absolute Gasteiger partial charge is 0.247 e. The quantitative estimate of drug-likeness (QED) is 0.423. The molecule has 0 radical (unpaired) electrons. The average Bonchev–Trinajstić information content (AvgIpc) is 3.04. The monoisotopic (exact) mass is 489 g/mol. The highest BCUT2D eigenvalue weighted by Crippen LogP contribution is 2.37. The van der Waals surface area contributed by atoms with Crippen molar-refractivity contribution in [3.63, 3.8) is 0 Å². The van der Waals surface area contributed by atoms with Gasteiger partial charge in [0.15, 0.2) is 0 Å². The maximum Gasteiger partial charge on any atom is 0.247 e. The molecule has 0 aromatic heterocycles. The van der Waals surface area contributed by atoms with Crippen LogP contribution < -0.4 is 5.32 Å². The lowest BCUT2D eigenvalue weighted by Gasteiger charge is -2.27. The van der Waals surface area contributed by atoms with E-state index in [9.17, 15) is 22.8 Å². The number of rotatable bonds is 9. The van der Waals surface area contributed by atoms with Gasteiger partial charge in [0.2, 0.25) is 27.7 Å². The molecule has 186 valence electrons. The van der Waals surface area contributed by atoms with Gasteiger partial charge in [-0.1, -0.05) is 45.9 Å². The Balaban J connectivity index is 1.90. The van der Waals surface area contributed by atoms with E-state index in [2.05, 4.69) is 5.32 Å². The molecule has 3 amide bonds. The number of anilines is 1. The summed E-state index contributed by atoms with van der Waals surface area (Å²) in [6.45, 7) is 9.79. The highest BCUT2D eigenvalue weighted by atomic mass is 32.2. The molecule has 1 fully saturated rings. The van der Waals surface area contributed by atoms with Crippen molar-refractivity contribution >= 4 is 33.4 Å². The van der Waals surface area contributed by atoms with Gasteiger partial charge >= 0.3 is 0 Å². The number of carbonyl (C=O) groups excluding carboxylic acids is 3. The van der Waals surface area contributed by atoms with Crippen LogP contribution in [-0.4, -0.2) is 54.5 Å². The molecular weight excluding hydrogens is 454 g/mol. The molecule has 0 spiro atoms. The average molecular weight is 490 g/mol. The highest BCUT2D eigenvalue weighted by Gasteiger charge is 2.51. The minimum Gasteiger partial charge on any atom is -0.324 e. The van der Waals surface area contributed by atoms with E-state index in [1.54, 1.807) is 32.9 Å². The lowest BCUT2D eigenvalue weighted by atomic mass is 9.85. The lowest BCUT2D eigenvalue weighted by molar-refractivity contribution is -0.147. The Morgan fingerprint density at radius 1 is 1.09 bits per heavy atom. The number of benzene rings is 1. The van der Waals surface area contributed by atoms with Gasteiger partial charge in [-0.2, -0.15) is 4.31 Å². The SMILES string of the molecule is CCN(CC)S(=O)(=O)c1cc(NC(=O)C(CC(C)C)N2C(=O)C3CC=CCC3C2=O)ccc1C. The zero-order valence-corrected chi connectivity index (χ0v) is 21.4. The van der Waals surface area contributed by atoms with Gasteiger partial charge < -0.3 is 5.32 Å². The minimum atomic E-state index is -3.72. The molecular formula is C25H35N3O5S. The summed E-state index contributed by atoms with van der Waals surface area (Å²) in [7, 11) is -3.72. The molecule has 1 aromatic rings. The number of sulfonamides is 1. The number of allylic oxidation sites excluding steroid dienone is 2. The summed E-state index contributed by atoms with van der Waals surface area (Å²) >= 11 is 0. The number of fused-ring (bicyclic) bond motifs is 1. The van der Waals surface area contributed by atoms with Crippen LogP contribution in [0.25, 0.3) is 0 Å². The third-order valence-corrected chi connectivity index (χ3v) is 8.82. The Kier molecular flexibility index (Phi) is 7.98. The summed E-state index contributed by atoms with van der Waals surface area (Å²) in [5.41, 5.74) is 0.887. The number of hydrogen-bond donors (Lipinski definition) is 1. The number of carbonyl (C=O) groups is 3. The summed E-state index contributed by atoms with van der Waals surface area (Å²) in [4.78, 5) is 40.9. The molecule has 9 heteroatoms. The van der Waals surface area contributed by atoms with E-state index >= 15 is 0 Å². The zero-order chi connectivity index (χ0) is 25.2. The second kappa shape index (κ2) is 10.4. The van der Waals surface area contributed by atoms with Crippen LogP contribution in [0, 0.1) is 24.7 Å². The maximum absolute atomic E-state index is 13.4. The first-order chi connectivity index (χ1) is 16.0. The molecule has 1 aliphatic carbocycles. The van der Waals surface area contributed by atoms with Crippen LogP contribution in [-0.2, 0) is 24.4 Å². The molecule has 2 aliphatic rings. The molecule has 1 aromatic carbocycles. The highest BCUT2D eigenvalue weighted by molar-refractivity contribution is 7.89. The molecule has 0 bridgehead atoms. The first-order valence-electron chi connectivity index (χ1n) is 12.0. The van der Waals surface area contributed by atoms with E-state index in [4.69, 9.17) is 0 Å². The number of aryl methyl sites for hydroxylation is 1. The van der Waals surface area contributed by atoms with E-state index in [1.165, 1.54) is 10.4 Å². The molecule has 1 saturated heterocycles. The molecule has 34 heavy (non-hydrogen) atoms. The maximum atomic E-state index is 13.4. The predicted octanol–water partition coefficient (Wildman–Crippen LogP) is 3.33. The molecule has 0 saturated carbocycles. The Bertz CT molecular complexity index is 1070. The van der Waals surface area contributed by atoms with Crippen LogP contribution in [0.2, 0.25) is 0 Å². The Labute approximate surface area is 202 Å². The van der Waals surface area contributed by atoms with Crippen molar-refractivity contribution in [1.82, 2.24) is 9.21 Å². The summed E-state index contributed by atoms with van der Waals surface area (Å²) in [5.74, 6) is -1.84. The van der Waals surface area contributed by atoms with Crippen LogP contribution in [0.5, 0.6) is 0 Å². The second-order valence-electron chi connectivity index (χ2n) is 9.41. The van der Waals surface area contributed by atoms with Crippen molar-refractivity contribution < 1.29 is 22.8 Å². The molecule has 3 atom stereocenters. The number of amides is 3. The van der Waals surface area contributed by atoms with Crippen molar-refractivity contribution in [1.29, 1.82) is 0 Å². The van der Waals surface area contributed by atoms with Gasteiger partial charge in [-0.05, 0) is 49.8 Å². The largest absolute Gasteiger partial charge is 0.324 e. The van der Waals surface area contributed by atoms with Crippen molar-refractivity contribution in [2.75, 3.05) is 18.4 Å². The number of nitrogens with one attached hydrogen (secondary N) is 1. The van der Waals surface area contributed by atoms with Gasteiger partial charge in [0.1, 0.15) is 6.04 Å². The first kappa shape index (κ1) is 26.1. The van der Waals surface area contributed by atoms with E-state index in [0.29, 0.717) is 43.6 Å². The molecule has 3 rings (SSSR count). The Hall–Kier alpha value is -2.52. The molecule has 1 N–H and O–H groups in total. The third kappa shape index (κ3) is 4.95. The second-order valence-corrected chi connectivity index (χ2v) is 11.3. The summed E-state index contributed by atoms with van der Waals surface area (Å²) in [5, 5.41) is 2.78. The third-order valence-electron chi connectivity index (χ3n) is 6.63. The van der Waals surface area contributed by atoms with Gasteiger partial charge in [0.25, 0.3) is 0 Å². The van der Waals surface area contributed by atoms with Crippen molar-refractivity contribution in [2.24, 2.45) is 17.8 Å². The fourth-order valence-corrected chi connectivity index (χ4v) is 6.50. The van der Waals surface area contributed by atoms with E-state index in [-0.39, 0.29) is 22.6 Å². The standard InChI is InChI=1S/C25H35N3O5S/c1-6-27(7-2)34(32,33)22-15-18(13-12-17(22)5)26-23(29)21(14-16(3)4)28-24(30)19-10-8-9-11-20(19)25(28)31/h8-9,12-13,15-16,19-21H,6-7,10-11,14H2,1-5H3,(H,26,29). The fraction of sp³-hybridized carbons (Fsp3) is 0.560. The van der Waals surface area contributed by atoms with Crippen molar-refractivity contribution in [3.05, 3.63) is 35.9 Å². The Morgan fingerprint density at radius 3 is 2.15 bits per heavy atom. The Morgan fingerprint density at radius 2 is 1.65 bits per heavy atom. The van der Waals surface area contributed by atoms with Gasteiger partial charge in [-0.15, -0.1) is 0 Å². The number of nitrogens with zero attached hydrogens (tertiary/aromatic N) is 2. The predicted molar refractivity (Wildman–Crippen MR) is 130 cm³/mol. The van der Waals surface area contributed by atoms with Crippen LogP contribution in [0.15, 0.2) is 35.2 Å². The topological polar surface area (TPSA) is 104 Å². The van der Waals surface area contributed by atoms with E-state index in [1.807, 2.05) is 26.0 Å². The van der Waals surface area contributed by atoms with Crippen LogP contribution in [0.4, 0.5) is 5.69 Å². The number of imide groups is 1.